The van der Waals surface area contributed by atoms with Crippen molar-refractivity contribution in [2.24, 2.45) is 4.99 Å². The zero-order valence-corrected chi connectivity index (χ0v) is 14.1. The molecule has 0 unspecified atom stereocenters. The Hall–Kier alpha value is -2.27. The summed E-state index contributed by atoms with van der Waals surface area (Å²) in [4.78, 5) is 9.13. The Balaban J connectivity index is 1.83. The molecule has 1 N–H and O–H groups in total. The van der Waals surface area contributed by atoms with Crippen LogP contribution in [-0.4, -0.2) is 29.4 Å². The number of hydrogen-bond acceptors (Lipinski definition) is 4. The fourth-order valence-corrected chi connectivity index (χ4v) is 2.58. The Labute approximate surface area is 140 Å². The summed E-state index contributed by atoms with van der Waals surface area (Å²) in [5.74, 6) is 2.60. The van der Waals surface area contributed by atoms with E-state index in [-0.39, 0.29) is 0 Å². The number of amidine groups is 1. The number of nitrogens with one attached hydrogen (secondary N) is 1. The van der Waals surface area contributed by atoms with Gasteiger partial charge in [0.05, 0.1) is 11.5 Å². The van der Waals surface area contributed by atoms with Crippen LogP contribution in [0.4, 0.5) is 5.69 Å². The van der Waals surface area contributed by atoms with Gasteiger partial charge in [0.2, 0.25) is 5.89 Å². The summed E-state index contributed by atoms with van der Waals surface area (Å²) in [6, 6.07) is 15.7. The average molecular weight is 325 g/mol. The van der Waals surface area contributed by atoms with Crippen LogP contribution in [0.3, 0.4) is 0 Å². The molecule has 1 aromatic heterocycles. The largest absolute Gasteiger partial charge is 0.436 e. The molecule has 118 valence electrons. The van der Waals surface area contributed by atoms with E-state index in [0.29, 0.717) is 5.89 Å². The van der Waals surface area contributed by atoms with Crippen LogP contribution >= 0.6 is 11.8 Å². The first-order chi connectivity index (χ1) is 11.3. The molecule has 1 heterocycles. The molecule has 23 heavy (non-hydrogen) atoms. The molecule has 5 heteroatoms. The summed E-state index contributed by atoms with van der Waals surface area (Å²) in [6.45, 7) is 2.90. The smallest absolute Gasteiger partial charge is 0.227 e. The summed E-state index contributed by atoms with van der Waals surface area (Å²) < 4.78 is 5.82. The van der Waals surface area contributed by atoms with Crippen molar-refractivity contribution in [1.29, 1.82) is 0 Å². The molecule has 0 bridgehead atoms. The van der Waals surface area contributed by atoms with Crippen molar-refractivity contribution < 1.29 is 4.42 Å². The third kappa shape index (κ3) is 3.93. The lowest BCUT2D eigenvalue weighted by atomic mass is 10.2. The molecule has 3 rings (SSSR count). The maximum absolute atomic E-state index is 5.82. The summed E-state index contributed by atoms with van der Waals surface area (Å²) in [6.07, 6.45) is 2.10. The van der Waals surface area contributed by atoms with Crippen LogP contribution in [0.1, 0.15) is 6.92 Å². The molecular weight excluding hydrogens is 306 g/mol. The number of benzene rings is 2. The van der Waals surface area contributed by atoms with E-state index in [0.717, 1.165) is 40.5 Å². The molecular formula is C18H19N3OS. The molecule has 0 saturated heterocycles. The summed E-state index contributed by atoms with van der Waals surface area (Å²) in [5.41, 5.74) is 3.48. The Morgan fingerprint density at radius 3 is 2.91 bits per heavy atom. The molecule has 0 amide bonds. The first kappa shape index (κ1) is 15.6. The molecule has 2 aromatic carbocycles. The van der Waals surface area contributed by atoms with Gasteiger partial charge in [0.15, 0.2) is 5.58 Å². The Morgan fingerprint density at radius 2 is 2.09 bits per heavy atom. The zero-order valence-electron chi connectivity index (χ0n) is 13.2. The second-order valence-corrected chi connectivity index (χ2v) is 6.14. The number of oxazole rings is 1. The van der Waals surface area contributed by atoms with Gasteiger partial charge in [-0.15, -0.1) is 0 Å². The number of aliphatic imine (C=N–C) groups is 1. The number of rotatable bonds is 5. The number of aromatic nitrogens is 1. The normalized spacial score (nSPS) is 11.8. The van der Waals surface area contributed by atoms with Gasteiger partial charge in [0.1, 0.15) is 5.52 Å². The molecule has 0 aliphatic rings. The Kier molecular flexibility index (Phi) is 4.98. The average Bonchev–Trinajstić information content (AvgIpc) is 2.99. The Morgan fingerprint density at radius 1 is 1.22 bits per heavy atom. The predicted molar refractivity (Wildman–Crippen MR) is 98.6 cm³/mol. The van der Waals surface area contributed by atoms with Gasteiger partial charge in [-0.3, -0.25) is 0 Å². The topological polar surface area (TPSA) is 50.4 Å². The van der Waals surface area contributed by atoms with Crippen LogP contribution in [0.25, 0.3) is 22.6 Å². The number of hydrogen-bond donors (Lipinski definition) is 1. The fraction of sp³-hybridized carbons (Fsp3) is 0.222. The molecule has 0 fully saturated rings. The van der Waals surface area contributed by atoms with Crippen LogP contribution in [0.2, 0.25) is 0 Å². The highest BCUT2D eigenvalue weighted by molar-refractivity contribution is 7.98. The van der Waals surface area contributed by atoms with Crippen molar-refractivity contribution in [1.82, 2.24) is 10.3 Å². The molecule has 4 nitrogen and oxygen atoms in total. The maximum Gasteiger partial charge on any atom is 0.227 e. The van der Waals surface area contributed by atoms with Crippen LogP contribution in [0.5, 0.6) is 0 Å². The number of para-hydroxylation sites is 2. The monoisotopic (exact) mass is 325 g/mol. The molecule has 0 radical (unpaired) electrons. The SMILES string of the molecule is CSCCN/C(C)=N\c1cccc(-c2nc3ccccc3o2)c1. The van der Waals surface area contributed by atoms with Crippen molar-refractivity contribution in [2.75, 3.05) is 18.6 Å². The molecule has 0 atom stereocenters. The van der Waals surface area contributed by atoms with Crippen molar-refractivity contribution in [3.8, 4) is 11.5 Å². The van der Waals surface area contributed by atoms with Gasteiger partial charge in [0, 0.05) is 17.9 Å². The maximum atomic E-state index is 5.82. The molecule has 0 spiro atoms. The highest BCUT2D eigenvalue weighted by atomic mass is 32.2. The second kappa shape index (κ2) is 7.33. The number of thioether (sulfide) groups is 1. The van der Waals surface area contributed by atoms with Crippen LogP contribution in [0.15, 0.2) is 57.9 Å². The first-order valence-electron chi connectivity index (χ1n) is 7.50. The Bertz CT molecular complexity index is 793. The number of nitrogens with zero attached hydrogens (tertiary/aromatic N) is 2. The third-order valence-electron chi connectivity index (χ3n) is 3.37. The van der Waals surface area contributed by atoms with Crippen molar-refractivity contribution >= 4 is 34.4 Å². The molecule has 3 aromatic rings. The lowest BCUT2D eigenvalue weighted by molar-refractivity contribution is 0.620. The van der Waals surface area contributed by atoms with Crippen molar-refractivity contribution in [3.05, 3.63) is 48.5 Å². The van der Waals surface area contributed by atoms with Crippen LogP contribution < -0.4 is 5.32 Å². The summed E-state index contributed by atoms with van der Waals surface area (Å²) in [7, 11) is 0. The van der Waals surface area contributed by atoms with E-state index in [4.69, 9.17) is 4.42 Å². The fourth-order valence-electron chi connectivity index (χ4n) is 2.27. The molecule has 0 aliphatic carbocycles. The van der Waals surface area contributed by atoms with Gasteiger partial charge in [-0.25, -0.2) is 9.98 Å². The second-order valence-electron chi connectivity index (χ2n) is 5.15. The van der Waals surface area contributed by atoms with Gasteiger partial charge in [-0.1, -0.05) is 18.2 Å². The van der Waals surface area contributed by atoms with E-state index in [1.807, 2.05) is 67.2 Å². The van der Waals surface area contributed by atoms with Gasteiger partial charge in [0.25, 0.3) is 0 Å². The highest BCUT2D eigenvalue weighted by Crippen LogP contribution is 2.26. The minimum Gasteiger partial charge on any atom is -0.436 e. The van der Waals surface area contributed by atoms with Crippen molar-refractivity contribution in [2.45, 2.75) is 6.92 Å². The van der Waals surface area contributed by atoms with E-state index in [9.17, 15) is 0 Å². The third-order valence-corrected chi connectivity index (χ3v) is 3.98. The standard InChI is InChI=1S/C18H19N3OS/c1-13(19-10-11-23-2)20-15-7-5-6-14(12-15)18-21-16-8-3-4-9-17(16)22-18/h3-9,12H,10-11H2,1-2H3,(H,19,20). The van der Waals surface area contributed by atoms with Gasteiger partial charge < -0.3 is 9.73 Å². The van der Waals surface area contributed by atoms with E-state index >= 15 is 0 Å². The highest BCUT2D eigenvalue weighted by Gasteiger charge is 2.08. The van der Waals surface area contributed by atoms with Gasteiger partial charge in [-0.05, 0) is 43.5 Å². The molecule has 0 saturated carbocycles. The zero-order chi connectivity index (χ0) is 16.1. The predicted octanol–water partition coefficient (Wildman–Crippen LogP) is 4.50. The quantitative estimate of drug-likeness (QED) is 0.426. The van der Waals surface area contributed by atoms with Gasteiger partial charge in [-0.2, -0.15) is 11.8 Å². The van der Waals surface area contributed by atoms with Gasteiger partial charge >= 0.3 is 0 Å². The van der Waals surface area contributed by atoms with Crippen LogP contribution in [-0.2, 0) is 0 Å². The lowest BCUT2D eigenvalue weighted by Gasteiger charge is -2.04. The van der Waals surface area contributed by atoms with Crippen LogP contribution in [0, 0.1) is 0 Å². The van der Waals surface area contributed by atoms with Crippen molar-refractivity contribution in [3.63, 3.8) is 0 Å². The first-order valence-corrected chi connectivity index (χ1v) is 8.90. The summed E-state index contributed by atoms with van der Waals surface area (Å²) in [5, 5.41) is 3.30. The molecule has 0 aliphatic heterocycles. The summed E-state index contributed by atoms with van der Waals surface area (Å²) >= 11 is 1.81. The minimum absolute atomic E-state index is 0.622. The van der Waals surface area contributed by atoms with E-state index in [1.54, 1.807) is 0 Å². The van der Waals surface area contributed by atoms with E-state index in [1.165, 1.54) is 0 Å². The number of fused-ring (bicyclic) bond motifs is 1. The lowest BCUT2D eigenvalue weighted by Crippen LogP contribution is -2.22. The van der Waals surface area contributed by atoms with E-state index in [2.05, 4.69) is 21.5 Å². The van der Waals surface area contributed by atoms with E-state index < -0.39 is 0 Å². The minimum atomic E-state index is 0.622.